The molecule has 0 bridgehead atoms. The molecule has 2 aliphatic rings. The van der Waals surface area contributed by atoms with Gasteiger partial charge in [0.1, 0.15) is 5.75 Å². The van der Waals surface area contributed by atoms with Gasteiger partial charge in [-0.25, -0.2) is 0 Å². The van der Waals surface area contributed by atoms with Crippen molar-refractivity contribution < 1.29 is 24.1 Å². The van der Waals surface area contributed by atoms with E-state index in [4.69, 9.17) is 14.2 Å². The average Bonchev–Trinajstić information content (AvgIpc) is 3.50. The maximum atomic E-state index is 12.6. The van der Waals surface area contributed by atoms with Gasteiger partial charge >= 0.3 is 0 Å². The first-order chi connectivity index (χ1) is 13.2. The third-order valence-electron chi connectivity index (χ3n) is 5.05. The molecule has 2 N–H and O–H groups in total. The van der Waals surface area contributed by atoms with E-state index in [1.807, 2.05) is 37.3 Å². The van der Waals surface area contributed by atoms with Gasteiger partial charge in [-0.1, -0.05) is 12.1 Å². The number of hydrogen-bond acceptors (Lipinski definition) is 5. The largest absolute Gasteiger partial charge is 0.497 e. The smallest absolute Gasteiger partial charge is 0.286 e. The predicted molar refractivity (Wildman–Crippen MR) is 101 cm³/mol. The molecule has 0 unspecified atom stereocenters. The first kappa shape index (κ1) is 19.7. The lowest BCUT2D eigenvalue weighted by atomic mass is 9.80. The highest BCUT2D eigenvalue weighted by Gasteiger charge is 2.38. The lowest BCUT2D eigenvalue weighted by Gasteiger charge is -2.37. The van der Waals surface area contributed by atoms with Crippen LogP contribution < -0.4 is 10.1 Å². The summed E-state index contributed by atoms with van der Waals surface area (Å²) in [7, 11) is 1.64. The number of benzene rings is 1. The number of carbonyl (C=O) groups is 1. The fourth-order valence-corrected chi connectivity index (χ4v) is 3.46. The Morgan fingerprint density at radius 3 is 2.63 bits per heavy atom. The van der Waals surface area contributed by atoms with E-state index in [0.29, 0.717) is 18.8 Å². The summed E-state index contributed by atoms with van der Waals surface area (Å²) in [6.45, 7) is 2.52. The molecule has 6 heteroatoms. The highest BCUT2D eigenvalue weighted by Crippen LogP contribution is 2.40. The number of allylic oxidation sites excluding steroid dienone is 1. The van der Waals surface area contributed by atoms with E-state index in [9.17, 15) is 9.90 Å². The topological polar surface area (TPSA) is 77.0 Å². The van der Waals surface area contributed by atoms with Crippen LogP contribution in [0.1, 0.15) is 44.1 Å². The second-order valence-electron chi connectivity index (χ2n) is 7.05. The Balaban J connectivity index is 1.90. The molecule has 27 heavy (non-hydrogen) atoms. The Morgan fingerprint density at radius 1 is 1.30 bits per heavy atom. The predicted octanol–water partition coefficient (Wildman–Crippen LogP) is 2.72. The fourth-order valence-electron chi connectivity index (χ4n) is 3.46. The average molecular weight is 375 g/mol. The van der Waals surface area contributed by atoms with E-state index in [2.05, 4.69) is 5.32 Å². The Bertz CT molecular complexity index is 653. The van der Waals surface area contributed by atoms with Crippen molar-refractivity contribution in [2.24, 2.45) is 5.92 Å². The molecule has 1 aromatic rings. The molecule has 1 aromatic carbocycles. The summed E-state index contributed by atoms with van der Waals surface area (Å²) in [4.78, 5) is 12.6. The molecule has 1 amide bonds. The molecular formula is C21H29NO5. The van der Waals surface area contributed by atoms with Crippen molar-refractivity contribution in [3.8, 4) is 5.75 Å². The molecule has 3 rings (SSSR count). The van der Waals surface area contributed by atoms with Gasteiger partial charge in [-0.3, -0.25) is 4.79 Å². The zero-order valence-corrected chi connectivity index (χ0v) is 16.0. The third kappa shape index (κ3) is 5.02. The van der Waals surface area contributed by atoms with Crippen LogP contribution in [0, 0.1) is 5.92 Å². The van der Waals surface area contributed by atoms with E-state index < -0.39 is 6.29 Å². The van der Waals surface area contributed by atoms with Crippen molar-refractivity contribution in [3.05, 3.63) is 41.7 Å². The molecule has 148 valence electrons. The number of rotatable bonds is 9. The minimum absolute atomic E-state index is 0.0166. The summed E-state index contributed by atoms with van der Waals surface area (Å²) < 4.78 is 17.0. The second-order valence-corrected chi connectivity index (χ2v) is 7.05. The van der Waals surface area contributed by atoms with Crippen LogP contribution in [-0.2, 0) is 14.3 Å². The van der Waals surface area contributed by atoms with Gasteiger partial charge < -0.3 is 24.6 Å². The summed E-state index contributed by atoms with van der Waals surface area (Å²) in [6, 6.07) is 8.12. The number of methoxy groups -OCH3 is 1. The van der Waals surface area contributed by atoms with Gasteiger partial charge in [0.15, 0.2) is 5.76 Å². The summed E-state index contributed by atoms with van der Waals surface area (Å²) >= 11 is 0. The Hall–Kier alpha value is -2.05. The SMILES string of the molecule is CCO[C@H]1OC(C(=O)NC2CC2)=C[C@@H](c2ccc(OC)cc2)[C@H]1CCCO. The number of hydrogen-bond donors (Lipinski definition) is 2. The van der Waals surface area contributed by atoms with Gasteiger partial charge in [-0.2, -0.15) is 0 Å². The van der Waals surface area contributed by atoms with Gasteiger partial charge in [0, 0.05) is 31.1 Å². The van der Waals surface area contributed by atoms with Crippen LogP contribution in [0.3, 0.4) is 0 Å². The molecule has 1 fully saturated rings. The van der Waals surface area contributed by atoms with Crippen LogP contribution in [0.2, 0.25) is 0 Å². The third-order valence-corrected chi connectivity index (χ3v) is 5.05. The number of nitrogens with one attached hydrogen (secondary N) is 1. The maximum absolute atomic E-state index is 12.6. The van der Waals surface area contributed by atoms with Crippen molar-refractivity contribution in [3.63, 3.8) is 0 Å². The van der Waals surface area contributed by atoms with Crippen LogP contribution in [-0.4, -0.2) is 43.7 Å². The number of aliphatic hydroxyl groups is 1. The lowest BCUT2D eigenvalue weighted by molar-refractivity contribution is -0.166. The van der Waals surface area contributed by atoms with Crippen molar-refractivity contribution in [1.29, 1.82) is 0 Å². The Morgan fingerprint density at radius 2 is 2.04 bits per heavy atom. The summed E-state index contributed by atoms with van der Waals surface area (Å²) in [6.07, 6.45) is 4.83. The zero-order chi connectivity index (χ0) is 19.2. The number of ether oxygens (including phenoxy) is 3. The maximum Gasteiger partial charge on any atom is 0.286 e. The normalized spacial score (nSPS) is 24.7. The van der Waals surface area contributed by atoms with Crippen molar-refractivity contribution in [2.75, 3.05) is 20.3 Å². The Labute approximate surface area is 160 Å². The quantitative estimate of drug-likeness (QED) is 0.694. The number of aliphatic hydroxyl groups excluding tert-OH is 1. The van der Waals surface area contributed by atoms with Crippen LogP contribution in [0.15, 0.2) is 36.1 Å². The van der Waals surface area contributed by atoms with Crippen LogP contribution >= 0.6 is 0 Å². The molecule has 1 aliphatic heterocycles. The van der Waals surface area contributed by atoms with Gasteiger partial charge in [0.2, 0.25) is 6.29 Å². The summed E-state index contributed by atoms with van der Waals surface area (Å²) in [5.74, 6) is 0.910. The van der Waals surface area contributed by atoms with E-state index in [1.54, 1.807) is 7.11 Å². The lowest BCUT2D eigenvalue weighted by Crippen LogP contribution is -2.39. The molecule has 1 saturated carbocycles. The standard InChI is InChI=1S/C21H29NO5/c1-3-26-21-17(5-4-12-23)18(14-6-10-16(25-2)11-7-14)13-19(27-21)20(24)22-15-8-9-15/h6-7,10-11,13,15,17-18,21,23H,3-5,8-9,12H2,1-2H3,(H,22,24)/t17-,18+,21+/m1/s1. The van der Waals surface area contributed by atoms with E-state index >= 15 is 0 Å². The van der Waals surface area contributed by atoms with Crippen LogP contribution in [0.25, 0.3) is 0 Å². The molecule has 1 aliphatic carbocycles. The molecule has 0 radical (unpaired) electrons. The molecule has 0 saturated heterocycles. The fraction of sp³-hybridized carbons (Fsp3) is 0.571. The highest BCUT2D eigenvalue weighted by molar-refractivity contribution is 5.92. The first-order valence-corrected chi connectivity index (χ1v) is 9.72. The summed E-state index contributed by atoms with van der Waals surface area (Å²) in [5, 5.41) is 12.3. The van der Waals surface area contributed by atoms with Crippen LogP contribution in [0.5, 0.6) is 5.75 Å². The molecular weight excluding hydrogens is 346 g/mol. The second kappa shape index (κ2) is 9.24. The molecule has 3 atom stereocenters. The van der Waals surface area contributed by atoms with E-state index in [0.717, 1.165) is 30.6 Å². The highest BCUT2D eigenvalue weighted by atomic mass is 16.7. The summed E-state index contributed by atoms with van der Waals surface area (Å²) in [5.41, 5.74) is 1.07. The molecule has 0 aromatic heterocycles. The Kier molecular flexibility index (Phi) is 6.74. The first-order valence-electron chi connectivity index (χ1n) is 9.72. The van der Waals surface area contributed by atoms with Crippen LogP contribution in [0.4, 0.5) is 0 Å². The van der Waals surface area contributed by atoms with Gasteiger partial charge in [-0.05, 0) is 56.4 Å². The molecule has 6 nitrogen and oxygen atoms in total. The number of carbonyl (C=O) groups excluding carboxylic acids is 1. The van der Waals surface area contributed by atoms with Crippen molar-refractivity contribution in [1.82, 2.24) is 5.32 Å². The zero-order valence-electron chi connectivity index (χ0n) is 16.0. The van der Waals surface area contributed by atoms with Gasteiger partial charge in [0.05, 0.1) is 7.11 Å². The van der Waals surface area contributed by atoms with E-state index in [-0.39, 0.29) is 30.4 Å². The monoisotopic (exact) mass is 375 g/mol. The molecule has 0 spiro atoms. The van der Waals surface area contributed by atoms with E-state index in [1.165, 1.54) is 0 Å². The van der Waals surface area contributed by atoms with Gasteiger partial charge in [-0.15, -0.1) is 0 Å². The van der Waals surface area contributed by atoms with Gasteiger partial charge in [0.25, 0.3) is 5.91 Å². The van der Waals surface area contributed by atoms with Crippen molar-refractivity contribution in [2.45, 2.75) is 50.9 Å². The number of amides is 1. The minimum Gasteiger partial charge on any atom is -0.497 e. The molecule has 1 heterocycles. The van der Waals surface area contributed by atoms with Crippen molar-refractivity contribution >= 4 is 5.91 Å². The minimum atomic E-state index is -0.515.